The van der Waals surface area contributed by atoms with E-state index in [1.165, 1.54) is 23.0 Å². The van der Waals surface area contributed by atoms with Crippen molar-refractivity contribution in [2.24, 2.45) is 0 Å². The number of hydrogen-bond acceptors (Lipinski definition) is 2. The molecule has 176 valence electrons. The van der Waals surface area contributed by atoms with Gasteiger partial charge in [0.05, 0.1) is 0 Å². The number of carbonyl (C=O) groups excluding carboxylic acids is 1. The number of hydrogen-bond donors (Lipinski definition) is 0. The van der Waals surface area contributed by atoms with E-state index < -0.39 is 53.4 Å². The fourth-order valence-electron chi connectivity index (χ4n) is 4.12. The van der Waals surface area contributed by atoms with Gasteiger partial charge in [-0.1, -0.05) is 0 Å². The van der Waals surface area contributed by atoms with Crippen LogP contribution in [0.1, 0.15) is 69.7 Å². The van der Waals surface area contributed by atoms with E-state index in [-0.39, 0.29) is 11.6 Å². The van der Waals surface area contributed by atoms with Crippen LogP contribution in [0, 0.1) is 23.3 Å². The van der Waals surface area contributed by atoms with Crippen LogP contribution in [0.25, 0.3) is 0 Å². The second kappa shape index (κ2) is 12.6. The molecule has 0 radical (unpaired) electrons. The molecule has 0 aliphatic heterocycles. The van der Waals surface area contributed by atoms with Crippen LogP contribution in [-0.2, 0) is 0 Å². The van der Waals surface area contributed by atoms with E-state index in [0.717, 1.165) is 38.5 Å². The minimum atomic E-state index is -2.85. The molecule has 32 heavy (non-hydrogen) atoms. The number of halogens is 4. The normalized spacial score (nSPS) is 11.6. The molecule has 0 atom stereocenters. The summed E-state index contributed by atoms with van der Waals surface area (Å²) in [4.78, 5) is 12.7. The Morgan fingerprint density at radius 3 is 1.78 bits per heavy atom. The quantitative estimate of drug-likeness (QED) is 0.0885. The van der Waals surface area contributed by atoms with Crippen molar-refractivity contribution in [1.29, 1.82) is 0 Å². The van der Waals surface area contributed by atoms with Crippen LogP contribution < -0.4 is 8.32 Å². The van der Waals surface area contributed by atoms with Crippen molar-refractivity contribution in [2.75, 3.05) is 0 Å². The number of carbonyl (C=O) groups is 1. The van der Waals surface area contributed by atoms with Gasteiger partial charge < -0.3 is 0 Å². The van der Waals surface area contributed by atoms with E-state index in [1.54, 1.807) is 12.1 Å². The van der Waals surface area contributed by atoms with Crippen LogP contribution in [0.5, 0.6) is 5.75 Å². The monoisotopic (exact) mass is 560 g/mol. The Bertz CT molecular complexity index is 869. The third-order valence-corrected chi connectivity index (χ3v) is 21.6. The number of unbranched alkanes of at least 4 members (excludes halogenated alkanes) is 3. The minimum absolute atomic E-state index is 0.0840. The van der Waals surface area contributed by atoms with Crippen molar-refractivity contribution >= 4 is 27.9 Å². The maximum absolute atomic E-state index is 14.0. The summed E-state index contributed by atoms with van der Waals surface area (Å²) < 4.78 is 64.4. The molecule has 2 nitrogen and oxygen atoms in total. The first-order valence-electron chi connectivity index (χ1n) is 11.4. The molecular weight excluding hydrogens is 527 g/mol. The van der Waals surface area contributed by atoms with Gasteiger partial charge >= 0.3 is 193 Å². The summed E-state index contributed by atoms with van der Waals surface area (Å²) in [5.74, 6) is -9.07. The molecule has 0 amide bonds. The third kappa shape index (κ3) is 6.48. The molecule has 0 aliphatic carbocycles. The summed E-state index contributed by atoms with van der Waals surface area (Å²) in [6, 6.07) is 7.20. The van der Waals surface area contributed by atoms with Crippen LogP contribution in [0.15, 0.2) is 30.3 Å². The summed E-state index contributed by atoms with van der Waals surface area (Å²) in [6.45, 7) is 6.52. The second-order valence-electron chi connectivity index (χ2n) is 8.36. The summed E-state index contributed by atoms with van der Waals surface area (Å²) in [7, 11) is 0. The molecule has 0 heterocycles. The molecule has 0 saturated heterocycles. The summed E-state index contributed by atoms with van der Waals surface area (Å²) in [6.07, 6.45) is 6.71. The average Bonchev–Trinajstić information content (AvgIpc) is 2.80. The molecule has 0 saturated carbocycles. The molecule has 0 spiro atoms. The maximum atomic E-state index is 14.0. The van der Waals surface area contributed by atoms with E-state index in [1.807, 2.05) is 0 Å². The van der Waals surface area contributed by atoms with Gasteiger partial charge in [0.1, 0.15) is 0 Å². The zero-order valence-corrected chi connectivity index (χ0v) is 21.9. The van der Waals surface area contributed by atoms with Gasteiger partial charge in [0.15, 0.2) is 0 Å². The molecule has 0 aromatic heterocycles. The van der Waals surface area contributed by atoms with E-state index >= 15 is 0 Å². The van der Waals surface area contributed by atoms with Crippen LogP contribution in [0.3, 0.4) is 0 Å². The van der Waals surface area contributed by atoms with Crippen LogP contribution in [0.4, 0.5) is 17.6 Å². The predicted molar refractivity (Wildman–Crippen MR) is 122 cm³/mol. The van der Waals surface area contributed by atoms with Crippen molar-refractivity contribution in [3.63, 3.8) is 0 Å². The molecule has 7 heteroatoms. The first-order chi connectivity index (χ1) is 15.3. The van der Waals surface area contributed by atoms with E-state index in [2.05, 4.69) is 26.8 Å². The number of benzene rings is 2. The van der Waals surface area contributed by atoms with Gasteiger partial charge in [-0.3, -0.25) is 0 Å². The molecule has 0 N–H and O–H groups in total. The second-order valence-corrected chi connectivity index (χ2v) is 21.6. The molecule has 0 bridgehead atoms. The van der Waals surface area contributed by atoms with E-state index in [0.29, 0.717) is 0 Å². The SMILES string of the molecule is CCC[CH2][Sn]([CH2]CCC)([CH2]CCC)[c]1cccc(C(=O)Oc2c(F)c(F)cc(F)c2F)c1. The van der Waals surface area contributed by atoms with Gasteiger partial charge in [0.25, 0.3) is 0 Å². The number of ether oxygens (including phenoxy) is 1. The van der Waals surface area contributed by atoms with Gasteiger partial charge in [-0.25, -0.2) is 0 Å². The van der Waals surface area contributed by atoms with Crippen molar-refractivity contribution in [1.82, 2.24) is 0 Å². The molecule has 0 aliphatic rings. The molecule has 2 rings (SSSR count). The van der Waals surface area contributed by atoms with Gasteiger partial charge in [-0.15, -0.1) is 0 Å². The Balaban J connectivity index is 2.42. The fourth-order valence-corrected chi connectivity index (χ4v) is 20.2. The van der Waals surface area contributed by atoms with Crippen molar-refractivity contribution in [3.05, 3.63) is 59.2 Å². The van der Waals surface area contributed by atoms with Crippen molar-refractivity contribution in [3.8, 4) is 5.75 Å². The van der Waals surface area contributed by atoms with Gasteiger partial charge in [-0.2, -0.15) is 0 Å². The van der Waals surface area contributed by atoms with Gasteiger partial charge in [0.2, 0.25) is 0 Å². The van der Waals surface area contributed by atoms with Crippen LogP contribution in [-0.4, -0.2) is 24.3 Å². The molecule has 2 aromatic rings. The zero-order chi connectivity index (χ0) is 23.7. The first-order valence-corrected chi connectivity index (χ1v) is 18.9. The van der Waals surface area contributed by atoms with Crippen molar-refractivity contribution in [2.45, 2.75) is 72.6 Å². The molecular formula is C25H32F4O2Sn. The standard InChI is InChI=1S/C13H5F4O2.3C4H9.Sn/c14-8-6-9(15)11(17)12(10(8)16)19-13(18)7-4-2-1-3-5-7;3*1-3-4-2;/h1-2,4-6H;3*1,3-4H2,2H3;. The van der Waals surface area contributed by atoms with E-state index in [4.69, 9.17) is 4.74 Å². The summed E-state index contributed by atoms with van der Waals surface area (Å²) in [5, 5.41) is 0. The average molecular weight is 559 g/mol. The fraction of sp³-hybridized carbons (Fsp3) is 0.480. The van der Waals surface area contributed by atoms with Crippen LogP contribution >= 0.6 is 0 Å². The Kier molecular flexibility index (Phi) is 10.5. The molecule has 0 unspecified atom stereocenters. The number of esters is 1. The summed E-state index contributed by atoms with van der Waals surface area (Å²) >= 11 is -2.85. The predicted octanol–water partition coefficient (Wildman–Crippen LogP) is 7.52. The Hall–Kier alpha value is -1.57. The van der Waals surface area contributed by atoms with Gasteiger partial charge in [-0.05, 0) is 0 Å². The Morgan fingerprint density at radius 1 is 0.812 bits per heavy atom. The first kappa shape index (κ1) is 26.7. The Morgan fingerprint density at radius 2 is 1.31 bits per heavy atom. The van der Waals surface area contributed by atoms with E-state index in [9.17, 15) is 22.4 Å². The number of rotatable bonds is 12. The third-order valence-electron chi connectivity index (χ3n) is 6.00. The zero-order valence-electron chi connectivity index (χ0n) is 19.1. The van der Waals surface area contributed by atoms with Crippen molar-refractivity contribution < 1.29 is 27.1 Å². The molecule has 0 fully saturated rings. The van der Waals surface area contributed by atoms with Gasteiger partial charge in [0, 0.05) is 0 Å². The molecule has 2 aromatic carbocycles. The topological polar surface area (TPSA) is 26.3 Å². The Labute approximate surface area is 192 Å². The summed E-state index contributed by atoms with van der Waals surface area (Å²) in [5.41, 5.74) is 0.136. The van der Waals surface area contributed by atoms with Crippen LogP contribution in [0.2, 0.25) is 13.3 Å².